The van der Waals surface area contributed by atoms with Crippen LogP contribution in [0.25, 0.3) is 0 Å². The lowest BCUT2D eigenvalue weighted by molar-refractivity contribution is -0.128. The summed E-state index contributed by atoms with van der Waals surface area (Å²) in [6, 6.07) is 13.3. The van der Waals surface area contributed by atoms with Crippen molar-refractivity contribution in [2.24, 2.45) is 0 Å². The average molecular weight is 370 g/mol. The molecule has 4 atom stereocenters. The number of Topliss-reactive ketones (excluding diaryl/α,β-unsaturated/α-hetero) is 2. The average Bonchev–Trinajstić information content (AvgIpc) is 2.96. The molecular weight excluding hydrogens is 348 g/mol. The van der Waals surface area contributed by atoms with E-state index in [1.54, 1.807) is 62.4 Å². The van der Waals surface area contributed by atoms with Gasteiger partial charge in [0.1, 0.15) is 12.2 Å². The van der Waals surface area contributed by atoms with Gasteiger partial charge in [-0.3, -0.25) is 9.59 Å². The van der Waals surface area contributed by atoms with Crippen LogP contribution >= 0.6 is 0 Å². The van der Waals surface area contributed by atoms with Gasteiger partial charge in [-0.05, 0) is 25.0 Å². The summed E-state index contributed by atoms with van der Waals surface area (Å²) in [5.74, 6) is -1.37. The van der Waals surface area contributed by atoms with Crippen molar-refractivity contribution in [1.82, 2.24) is 0 Å². The van der Waals surface area contributed by atoms with Crippen LogP contribution in [0.2, 0.25) is 0 Å². The van der Waals surface area contributed by atoms with Crippen molar-refractivity contribution in [3.05, 3.63) is 70.8 Å². The molecule has 0 radical (unpaired) electrons. The monoisotopic (exact) mass is 370 g/mol. The molecule has 0 spiro atoms. The summed E-state index contributed by atoms with van der Waals surface area (Å²) in [7, 11) is 0. The second-order valence-corrected chi connectivity index (χ2v) is 6.91. The first-order valence-corrected chi connectivity index (χ1v) is 8.70. The first-order valence-electron chi connectivity index (χ1n) is 8.70. The van der Waals surface area contributed by atoms with Gasteiger partial charge in [0.2, 0.25) is 0 Å². The second-order valence-electron chi connectivity index (χ2n) is 6.91. The van der Waals surface area contributed by atoms with Crippen molar-refractivity contribution in [1.29, 1.82) is 0 Å². The number of ether oxygens (including phenoxy) is 1. The van der Waals surface area contributed by atoms with E-state index in [0.29, 0.717) is 11.1 Å². The first-order chi connectivity index (χ1) is 12.8. The van der Waals surface area contributed by atoms with Gasteiger partial charge in [-0.25, -0.2) is 0 Å². The molecule has 1 heterocycles. The Morgan fingerprint density at radius 3 is 2.11 bits per heavy atom. The lowest BCUT2D eigenvalue weighted by Gasteiger charge is -2.30. The van der Waals surface area contributed by atoms with Gasteiger partial charge in [0.05, 0.1) is 0 Å². The summed E-state index contributed by atoms with van der Waals surface area (Å²) in [4.78, 5) is 25.8. The van der Waals surface area contributed by atoms with Gasteiger partial charge in [0, 0.05) is 17.5 Å². The molecule has 0 aromatic heterocycles. The molecule has 6 heteroatoms. The summed E-state index contributed by atoms with van der Waals surface area (Å²) in [5.41, 5.74) is -0.424. The molecule has 1 aliphatic heterocycles. The van der Waals surface area contributed by atoms with Crippen LogP contribution in [0.3, 0.4) is 0 Å². The molecule has 3 rings (SSSR count). The molecule has 1 aliphatic rings. The predicted molar refractivity (Wildman–Crippen MR) is 97.5 cm³/mol. The minimum Gasteiger partial charge on any atom is -0.382 e. The van der Waals surface area contributed by atoms with Gasteiger partial charge in [-0.1, -0.05) is 48.5 Å². The molecular formula is C21H22O6. The third-order valence-corrected chi connectivity index (χ3v) is 5.01. The number of rotatable bonds is 5. The zero-order valence-electron chi connectivity index (χ0n) is 15.1. The van der Waals surface area contributed by atoms with E-state index < -0.39 is 42.1 Å². The fourth-order valence-electron chi connectivity index (χ4n) is 3.48. The Morgan fingerprint density at radius 1 is 1.04 bits per heavy atom. The standard InChI is InChI=1S/C21H22O6/c1-12-7-3-5-9-14(12)17(23)18(24)20-21(26,11-16(22)27-20)19(25)15-10-6-4-8-13(15)2/h3-10,16,18,20,22,24,26H,11H2,1-2H3/t16?,18?,20-,21-/m1/s1. The minimum atomic E-state index is -2.22. The SMILES string of the molecule is Cc1ccccc1C(=O)C(O)[C@H]1OC(O)C[C@@]1(O)C(=O)c1ccccc1C. The van der Waals surface area contributed by atoms with Crippen LogP contribution in [0, 0.1) is 13.8 Å². The molecule has 2 aromatic rings. The summed E-state index contributed by atoms with van der Waals surface area (Å²) >= 11 is 0. The lowest BCUT2D eigenvalue weighted by Crippen LogP contribution is -2.54. The van der Waals surface area contributed by atoms with Gasteiger partial charge >= 0.3 is 0 Å². The van der Waals surface area contributed by atoms with Crippen LogP contribution in [-0.4, -0.2) is 51.0 Å². The highest BCUT2D eigenvalue weighted by atomic mass is 16.6. The van der Waals surface area contributed by atoms with E-state index in [1.165, 1.54) is 0 Å². The maximum absolute atomic E-state index is 13.0. The second kappa shape index (κ2) is 7.32. The van der Waals surface area contributed by atoms with Crippen molar-refractivity contribution in [3.8, 4) is 0 Å². The van der Waals surface area contributed by atoms with E-state index >= 15 is 0 Å². The van der Waals surface area contributed by atoms with Crippen molar-refractivity contribution >= 4 is 11.6 Å². The molecule has 6 nitrogen and oxygen atoms in total. The van der Waals surface area contributed by atoms with Gasteiger partial charge in [-0.15, -0.1) is 0 Å². The van der Waals surface area contributed by atoms with Crippen molar-refractivity contribution in [2.75, 3.05) is 0 Å². The maximum Gasteiger partial charge on any atom is 0.197 e. The number of carbonyl (C=O) groups excluding carboxylic acids is 2. The molecule has 27 heavy (non-hydrogen) atoms. The molecule has 1 fully saturated rings. The summed E-state index contributed by atoms with van der Waals surface area (Å²) in [6.45, 7) is 3.43. The van der Waals surface area contributed by atoms with Gasteiger partial charge < -0.3 is 20.1 Å². The van der Waals surface area contributed by atoms with E-state index in [1.807, 2.05) is 0 Å². The maximum atomic E-state index is 13.0. The number of carbonyl (C=O) groups is 2. The topological polar surface area (TPSA) is 104 Å². The van der Waals surface area contributed by atoms with Crippen LogP contribution in [-0.2, 0) is 4.74 Å². The third-order valence-electron chi connectivity index (χ3n) is 5.01. The third kappa shape index (κ3) is 3.44. The molecule has 0 saturated carbocycles. The summed E-state index contributed by atoms with van der Waals surface area (Å²) in [6.07, 6.45) is -5.27. The normalized spacial score (nSPS) is 26.0. The van der Waals surface area contributed by atoms with E-state index in [9.17, 15) is 24.9 Å². The summed E-state index contributed by atoms with van der Waals surface area (Å²) < 4.78 is 5.22. The number of aliphatic hydroxyl groups excluding tert-OH is 2. The molecule has 0 aliphatic carbocycles. The Hall–Kier alpha value is -2.38. The van der Waals surface area contributed by atoms with Gasteiger partial charge in [-0.2, -0.15) is 0 Å². The Balaban J connectivity index is 1.96. The van der Waals surface area contributed by atoms with E-state index in [4.69, 9.17) is 4.74 Å². The minimum absolute atomic E-state index is 0.248. The highest BCUT2D eigenvalue weighted by Gasteiger charge is 2.57. The fraction of sp³-hybridized carbons (Fsp3) is 0.333. The smallest absolute Gasteiger partial charge is 0.197 e. The molecule has 2 aromatic carbocycles. The largest absolute Gasteiger partial charge is 0.382 e. The van der Waals surface area contributed by atoms with E-state index in [0.717, 1.165) is 0 Å². The van der Waals surface area contributed by atoms with E-state index in [-0.39, 0.29) is 11.1 Å². The molecule has 1 saturated heterocycles. The highest BCUT2D eigenvalue weighted by Crippen LogP contribution is 2.36. The Morgan fingerprint density at radius 2 is 1.56 bits per heavy atom. The summed E-state index contributed by atoms with van der Waals surface area (Å²) in [5, 5.41) is 31.6. The van der Waals surface area contributed by atoms with E-state index in [2.05, 4.69) is 0 Å². The zero-order chi connectivity index (χ0) is 19.8. The number of aryl methyl sites for hydroxylation is 2. The molecule has 0 amide bonds. The quantitative estimate of drug-likeness (QED) is 0.690. The van der Waals surface area contributed by atoms with Crippen LogP contribution in [0.15, 0.2) is 48.5 Å². The van der Waals surface area contributed by atoms with Gasteiger partial charge in [0.25, 0.3) is 0 Å². The lowest BCUT2D eigenvalue weighted by atomic mass is 9.81. The van der Waals surface area contributed by atoms with Crippen LogP contribution in [0.4, 0.5) is 0 Å². The van der Waals surface area contributed by atoms with Crippen molar-refractivity contribution in [2.45, 2.75) is 44.4 Å². The first kappa shape index (κ1) is 19.4. The highest BCUT2D eigenvalue weighted by molar-refractivity contribution is 6.06. The van der Waals surface area contributed by atoms with Crippen LogP contribution in [0.1, 0.15) is 38.3 Å². The number of aliphatic hydroxyl groups is 3. The molecule has 0 bridgehead atoms. The van der Waals surface area contributed by atoms with Gasteiger partial charge in [0.15, 0.2) is 23.5 Å². The molecule has 3 N–H and O–H groups in total. The van der Waals surface area contributed by atoms with Crippen LogP contribution < -0.4 is 0 Å². The molecule has 2 unspecified atom stereocenters. The van der Waals surface area contributed by atoms with Crippen molar-refractivity contribution < 1.29 is 29.6 Å². The number of benzene rings is 2. The number of hydrogen-bond acceptors (Lipinski definition) is 6. The molecule has 142 valence electrons. The Bertz CT molecular complexity index is 876. The van der Waals surface area contributed by atoms with Crippen LogP contribution in [0.5, 0.6) is 0 Å². The fourth-order valence-corrected chi connectivity index (χ4v) is 3.48. The Kier molecular flexibility index (Phi) is 5.26. The predicted octanol–water partition coefficient (Wildman–Crippen LogP) is 1.57. The Labute approximate surface area is 157 Å². The zero-order valence-corrected chi connectivity index (χ0v) is 15.1. The number of hydrogen-bond donors (Lipinski definition) is 3. The van der Waals surface area contributed by atoms with Crippen molar-refractivity contribution in [3.63, 3.8) is 0 Å². The number of ketones is 2.